The summed E-state index contributed by atoms with van der Waals surface area (Å²) in [4.78, 5) is 22.6. The molecule has 2 amide bonds. The minimum absolute atomic E-state index is 0.117. The van der Waals surface area contributed by atoms with Crippen molar-refractivity contribution >= 4 is 11.7 Å². The maximum Gasteiger partial charge on any atom is 0.319 e. The van der Waals surface area contributed by atoms with Crippen molar-refractivity contribution < 1.29 is 4.79 Å². The van der Waals surface area contributed by atoms with Crippen LogP contribution in [0.15, 0.2) is 36.5 Å². The van der Waals surface area contributed by atoms with Crippen LogP contribution in [0.4, 0.5) is 10.5 Å². The molecule has 27 heavy (non-hydrogen) atoms. The van der Waals surface area contributed by atoms with Crippen molar-refractivity contribution in [3.05, 3.63) is 48.0 Å². The van der Waals surface area contributed by atoms with Crippen LogP contribution in [0.2, 0.25) is 0 Å². The highest BCUT2D eigenvalue weighted by Gasteiger charge is 2.19. The molecule has 1 aliphatic heterocycles. The van der Waals surface area contributed by atoms with Gasteiger partial charge in [0.15, 0.2) is 0 Å². The predicted octanol–water partition coefficient (Wildman–Crippen LogP) is 3.93. The molecule has 1 saturated heterocycles. The smallest absolute Gasteiger partial charge is 0.319 e. The standard InChI is InChI=1S/C21H31N5O/c1-2-3-11-20-22-15-19(23-20)16-26-13-7-10-18(12-14-26)25-21(27)24-17-8-5-4-6-9-17/h4-6,8-9,15,18H,2-3,7,10-14,16H2,1H3,(H,22,23)(H2,24,25,27). The van der Waals surface area contributed by atoms with Gasteiger partial charge in [-0.3, -0.25) is 4.90 Å². The number of aromatic amines is 1. The molecule has 3 rings (SSSR count). The molecule has 0 spiro atoms. The van der Waals surface area contributed by atoms with Gasteiger partial charge in [-0.2, -0.15) is 0 Å². The Balaban J connectivity index is 1.43. The van der Waals surface area contributed by atoms with E-state index in [2.05, 4.69) is 32.4 Å². The molecule has 0 radical (unpaired) electrons. The number of anilines is 1. The zero-order valence-corrected chi connectivity index (χ0v) is 16.2. The largest absolute Gasteiger partial charge is 0.345 e. The van der Waals surface area contributed by atoms with Crippen molar-refractivity contribution in [2.45, 2.75) is 58.0 Å². The predicted molar refractivity (Wildman–Crippen MR) is 109 cm³/mol. The summed E-state index contributed by atoms with van der Waals surface area (Å²) < 4.78 is 0. The average molecular weight is 370 g/mol. The number of rotatable bonds is 7. The Kier molecular flexibility index (Phi) is 7.27. The van der Waals surface area contributed by atoms with Gasteiger partial charge < -0.3 is 15.6 Å². The number of hydrogen-bond acceptors (Lipinski definition) is 3. The fraction of sp³-hybridized carbons (Fsp3) is 0.524. The molecule has 1 fully saturated rings. The van der Waals surface area contributed by atoms with Gasteiger partial charge in [-0.25, -0.2) is 9.78 Å². The fourth-order valence-corrected chi connectivity index (χ4v) is 3.53. The Morgan fingerprint density at radius 3 is 2.93 bits per heavy atom. The minimum Gasteiger partial charge on any atom is -0.345 e. The van der Waals surface area contributed by atoms with Crippen LogP contribution in [0, 0.1) is 0 Å². The molecule has 2 heterocycles. The lowest BCUT2D eigenvalue weighted by atomic mass is 10.1. The Morgan fingerprint density at radius 1 is 1.26 bits per heavy atom. The van der Waals surface area contributed by atoms with E-state index >= 15 is 0 Å². The molecule has 3 N–H and O–H groups in total. The van der Waals surface area contributed by atoms with Crippen molar-refractivity contribution in [2.75, 3.05) is 18.4 Å². The summed E-state index contributed by atoms with van der Waals surface area (Å²) in [5.41, 5.74) is 2.01. The van der Waals surface area contributed by atoms with Gasteiger partial charge in [-0.1, -0.05) is 31.5 Å². The van der Waals surface area contributed by atoms with E-state index in [9.17, 15) is 4.79 Å². The lowest BCUT2D eigenvalue weighted by Gasteiger charge is -2.19. The molecule has 1 aliphatic rings. The number of carbonyl (C=O) groups excluding carboxylic acids is 1. The molecule has 2 aromatic rings. The van der Waals surface area contributed by atoms with Crippen LogP contribution in [0.25, 0.3) is 0 Å². The first-order chi connectivity index (χ1) is 13.2. The highest BCUT2D eigenvalue weighted by molar-refractivity contribution is 5.89. The highest BCUT2D eigenvalue weighted by atomic mass is 16.2. The summed E-state index contributed by atoms with van der Waals surface area (Å²) in [6.07, 6.45) is 8.44. The van der Waals surface area contributed by atoms with E-state index in [1.54, 1.807) is 0 Å². The fourth-order valence-electron chi connectivity index (χ4n) is 3.53. The number of nitrogens with one attached hydrogen (secondary N) is 3. The number of amides is 2. The molecule has 0 bridgehead atoms. The van der Waals surface area contributed by atoms with Crippen LogP contribution in [0.5, 0.6) is 0 Å². The summed E-state index contributed by atoms with van der Waals surface area (Å²) >= 11 is 0. The van der Waals surface area contributed by atoms with Crippen LogP contribution in [-0.2, 0) is 13.0 Å². The SMILES string of the molecule is CCCCc1ncc(CN2CCCC(NC(=O)Nc3ccccc3)CC2)[nH]1. The molecule has 146 valence electrons. The molecule has 6 heteroatoms. The van der Waals surface area contributed by atoms with Crippen LogP contribution >= 0.6 is 0 Å². The van der Waals surface area contributed by atoms with Gasteiger partial charge in [0.25, 0.3) is 0 Å². The second-order valence-corrected chi connectivity index (χ2v) is 7.33. The number of benzene rings is 1. The number of urea groups is 1. The number of aromatic nitrogens is 2. The minimum atomic E-state index is -0.117. The molecule has 1 aromatic carbocycles. The van der Waals surface area contributed by atoms with Gasteiger partial charge in [0.2, 0.25) is 0 Å². The van der Waals surface area contributed by atoms with Crippen molar-refractivity contribution in [3.63, 3.8) is 0 Å². The third kappa shape index (κ3) is 6.40. The first-order valence-electron chi connectivity index (χ1n) is 10.1. The highest BCUT2D eigenvalue weighted by Crippen LogP contribution is 2.14. The Hall–Kier alpha value is -2.34. The zero-order chi connectivity index (χ0) is 18.9. The van der Waals surface area contributed by atoms with E-state index in [0.717, 1.165) is 56.8 Å². The van der Waals surface area contributed by atoms with E-state index in [4.69, 9.17) is 0 Å². The van der Waals surface area contributed by atoms with Gasteiger partial charge in [-0.15, -0.1) is 0 Å². The zero-order valence-electron chi connectivity index (χ0n) is 16.2. The maximum atomic E-state index is 12.2. The van der Waals surface area contributed by atoms with Crippen LogP contribution in [0.1, 0.15) is 50.5 Å². The Morgan fingerprint density at radius 2 is 2.11 bits per heavy atom. The number of unbranched alkanes of at least 4 members (excludes halogenated alkanes) is 1. The second-order valence-electron chi connectivity index (χ2n) is 7.33. The molecule has 0 saturated carbocycles. The van der Waals surface area contributed by atoms with Gasteiger partial charge in [0.05, 0.1) is 0 Å². The second kappa shape index (κ2) is 10.1. The summed E-state index contributed by atoms with van der Waals surface area (Å²) in [5.74, 6) is 1.10. The number of H-pyrrole nitrogens is 1. The van der Waals surface area contributed by atoms with Crippen molar-refractivity contribution in [2.24, 2.45) is 0 Å². The number of likely N-dealkylation sites (tertiary alicyclic amines) is 1. The molecule has 1 aromatic heterocycles. The van der Waals surface area contributed by atoms with Crippen molar-refractivity contribution in [3.8, 4) is 0 Å². The molecular weight excluding hydrogens is 338 g/mol. The molecule has 0 aliphatic carbocycles. The van der Waals surface area contributed by atoms with Gasteiger partial charge >= 0.3 is 6.03 Å². The number of nitrogens with zero attached hydrogens (tertiary/aromatic N) is 2. The van der Waals surface area contributed by atoms with E-state index in [-0.39, 0.29) is 12.1 Å². The van der Waals surface area contributed by atoms with E-state index in [1.807, 2.05) is 36.5 Å². The molecule has 1 unspecified atom stereocenters. The monoisotopic (exact) mass is 369 g/mol. The maximum absolute atomic E-state index is 12.2. The summed E-state index contributed by atoms with van der Waals surface area (Å²) in [5, 5.41) is 6.03. The normalized spacial score (nSPS) is 18.0. The van der Waals surface area contributed by atoms with Crippen LogP contribution in [0.3, 0.4) is 0 Å². The van der Waals surface area contributed by atoms with E-state index in [0.29, 0.717) is 0 Å². The van der Waals surface area contributed by atoms with Crippen LogP contribution < -0.4 is 10.6 Å². The third-order valence-electron chi connectivity index (χ3n) is 5.03. The lowest BCUT2D eigenvalue weighted by Crippen LogP contribution is -2.38. The van der Waals surface area contributed by atoms with Gasteiger partial charge in [-0.05, 0) is 44.4 Å². The summed E-state index contributed by atoms with van der Waals surface area (Å²) in [6, 6.07) is 9.68. The first kappa shape index (κ1) is 19.4. The number of hydrogen-bond donors (Lipinski definition) is 3. The topological polar surface area (TPSA) is 73.1 Å². The lowest BCUT2D eigenvalue weighted by molar-refractivity contribution is 0.245. The number of para-hydroxylation sites is 1. The quantitative estimate of drug-likeness (QED) is 0.692. The van der Waals surface area contributed by atoms with E-state index in [1.165, 1.54) is 18.5 Å². The van der Waals surface area contributed by atoms with Crippen molar-refractivity contribution in [1.29, 1.82) is 0 Å². The Labute approximate surface area is 161 Å². The van der Waals surface area contributed by atoms with Gasteiger partial charge in [0.1, 0.15) is 5.82 Å². The van der Waals surface area contributed by atoms with Crippen LogP contribution in [-0.4, -0.2) is 40.0 Å². The summed E-state index contributed by atoms with van der Waals surface area (Å²) in [6.45, 7) is 5.15. The van der Waals surface area contributed by atoms with Crippen molar-refractivity contribution in [1.82, 2.24) is 20.2 Å². The van der Waals surface area contributed by atoms with E-state index < -0.39 is 0 Å². The molecular formula is C21H31N5O. The summed E-state index contributed by atoms with van der Waals surface area (Å²) in [7, 11) is 0. The average Bonchev–Trinajstić information content (AvgIpc) is 3.00. The Bertz CT molecular complexity index is 700. The third-order valence-corrected chi connectivity index (χ3v) is 5.03. The first-order valence-corrected chi connectivity index (χ1v) is 10.1. The molecule has 6 nitrogen and oxygen atoms in total. The number of aryl methyl sites for hydroxylation is 1. The number of carbonyl (C=O) groups is 1. The number of imidazole rings is 1. The van der Waals surface area contributed by atoms with Gasteiger partial charge in [0, 0.05) is 43.1 Å². The molecule has 1 atom stereocenters.